The van der Waals surface area contributed by atoms with Gasteiger partial charge in [-0.1, -0.05) is 19.1 Å². The van der Waals surface area contributed by atoms with Gasteiger partial charge in [0.05, 0.1) is 14.2 Å². The number of amides is 1. The molecule has 2 aromatic carbocycles. The number of nitrogens with one attached hydrogen (secondary N) is 1. The Hall–Kier alpha value is -2.60. The zero-order valence-corrected chi connectivity index (χ0v) is 15.4. The van der Waals surface area contributed by atoms with Crippen LogP contribution in [0.4, 0.5) is 10.1 Å². The second-order valence-electron chi connectivity index (χ2n) is 5.87. The summed E-state index contributed by atoms with van der Waals surface area (Å²) in [5.74, 6) is 0.867. The molecule has 0 unspecified atom stereocenters. The van der Waals surface area contributed by atoms with Crippen LogP contribution in [0.1, 0.15) is 18.9 Å². The van der Waals surface area contributed by atoms with Gasteiger partial charge in [0.25, 0.3) is 0 Å². The van der Waals surface area contributed by atoms with Gasteiger partial charge in [-0.15, -0.1) is 0 Å². The number of hydrogen-bond acceptors (Lipinski definition) is 4. The molecule has 0 bridgehead atoms. The van der Waals surface area contributed by atoms with E-state index in [0.29, 0.717) is 36.7 Å². The molecule has 140 valence electrons. The molecule has 2 aromatic rings. The van der Waals surface area contributed by atoms with Crippen molar-refractivity contribution >= 4 is 11.6 Å². The third kappa shape index (κ3) is 5.74. The van der Waals surface area contributed by atoms with Crippen LogP contribution >= 0.6 is 0 Å². The van der Waals surface area contributed by atoms with Crippen LogP contribution in [0.3, 0.4) is 0 Å². The van der Waals surface area contributed by atoms with Gasteiger partial charge >= 0.3 is 0 Å². The standard InChI is InChI=1S/C20H25FN2O3/c1-4-23(14-15-8-9-18(25-2)19(12-15)26-3)11-10-20(24)22-17-7-5-6-16(21)13-17/h5-9,12-13H,4,10-11,14H2,1-3H3,(H,22,24). The quantitative estimate of drug-likeness (QED) is 0.741. The molecule has 0 saturated heterocycles. The molecule has 0 radical (unpaired) electrons. The highest BCUT2D eigenvalue weighted by atomic mass is 19.1. The summed E-state index contributed by atoms with van der Waals surface area (Å²) >= 11 is 0. The first-order chi connectivity index (χ1) is 12.5. The molecule has 0 heterocycles. The van der Waals surface area contributed by atoms with E-state index in [1.165, 1.54) is 12.1 Å². The molecule has 0 atom stereocenters. The molecular formula is C20H25FN2O3. The first-order valence-corrected chi connectivity index (χ1v) is 8.54. The molecule has 0 aliphatic rings. The number of rotatable bonds is 9. The molecule has 5 nitrogen and oxygen atoms in total. The van der Waals surface area contributed by atoms with Crippen molar-refractivity contribution in [1.82, 2.24) is 4.90 Å². The van der Waals surface area contributed by atoms with E-state index in [-0.39, 0.29) is 11.7 Å². The van der Waals surface area contributed by atoms with Crippen molar-refractivity contribution in [1.29, 1.82) is 0 Å². The van der Waals surface area contributed by atoms with E-state index in [9.17, 15) is 9.18 Å². The Bertz CT molecular complexity index is 737. The third-order valence-electron chi connectivity index (χ3n) is 4.06. The van der Waals surface area contributed by atoms with Gasteiger partial charge in [0.1, 0.15) is 5.82 Å². The molecule has 0 aliphatic carbocycles. The van der Waals surface area contributed by atoms with Crippen LogP contribution < -0.4 is 14.8 Å². The number of halogens is 1. The van der Waals surface area contributed by atoms with Crippen molar-refractivity contribution in [3.63, 3.8) is 0 Å². The predicted octanol–water partition coefficient (Wildman–Crippen LogP) is 3.69. The first-order valence-electron chi connectivity index (χ1n) is 8.54. The highest BCUT2D eigenvalue weighted by Crippen LogP contribution is 2.28. The van der Waals surface area contributed by atoms with E-state index in [1.807, 2.05) is 25.1 Å². The van der Waals surface area contributed by atoms with Crippen LogP contribution in [0.2, 0.25) is 0 Å². The molecule has 0 aliphatic heterocycles. The number of hydrogen-bond donors (Lipinski definition) is 1. The van der Waals surface area contributed by atoms with E-state index >= 15 is 0 Å². The largest absolute Gasteiger partial charge is 0.493 e. The van der Waals surface area contributed by atoms with Crippen molar-refractivity contribution in [2.24, 2.45) is 0 Å². The Morgan fingerprint density at radius 2 is 1.88 bits per heavy atom. The maximum Gasteiger partial charge on any atom is 0.225 e. The molecular weight excluding hydrogens is 335 g/mol. The monoisotopic (exact) mass is 360 g/mol. The summed E-state index contributed by atoms with van der Waals surface area (Å²) in [5, 5.41) is 2.72. The normalized spacial score (nSPS) is 10.7. The number of ether oxygens (including phenoxy) is 2. The number of methoxy groups -OCH3 is 2. The molecule has 0 spiro atoms. The predicted molar refractivity (Wildman–Crippen MR) is 100 cm³/mol. The number of nitrogens with zero attached hydrogens (tertiary/aromatic N) is 1. The Balaban J connectivity index is 1.90. The summed E-state index contributed by atoms with van der Waals surface area (Å²) in [6, 6.07) is 11.7. The fourth-order valence-corrected chi connectivity index (χ4v) is 2.64. The molecule has 1 N–H and O–H groups in total. The minimum absolute atomic E-state index is 0.138. The highest BCUT2D eigenvalue weighted by molar-refractivity contribution is 5.90. The van der Waals surface area contributed by atoms with Crippen LogP contribution in [0.15, 0.2) is 42.5 Å². The van der Waals surface area contributed by atoms with Gasteiger partial charge in [-0.2, -0.15) is 0 Å². The van der Waals surface area contributed by atoms with E-state index in [4.69, 9.17) is 9.47 Å². The summed E-state index contributed by atoms with van der Waals surface area (Å²) in [6.07, 6.45) is 0.331. The fourth-order valence-electron chi connectivity index (χ4n) is 2.64. The van der Waals surface area contributed by atoms with E-state index in [1.54, 1.807) is 26.4 Å². The third-order valence-corrected chi connectivity index (χ3v) is 4.06. The smallest absolute Gasteiger partial charge is 0.225 e. The number of carbonyl (C=O) groups excluding carboxylic acids is 1. The average molecular weight is 360 g/mol. The summed E-state index contributed by atoms with van der Waals surface area (Å²) in [6.45, 7) is 4.16. The lowest BCUT2D eigenvalue weighted by molar-refractivity contribution is -0.116. The highest BCUT2D eigenvalue weighted by Gasteiger charge is 2.10. The number of carbonyl (C=O) groups is 1. The van der Waals surface area contributed by atoms with E-state index in [0.717, 1.165) is 12.1 Å². The van der Waals surface area contributed by atoms with Gasteiger partial charge in [-0.05, 0) is 42.4 Å². The first kappa shape index (κ1) is 19.7. The Morgan fingerprint density at radius 1 is 1.12 bits per heavy atom. The molecule has 2 rings (SSSR count). The Kier molecular flexibility index (Phi) is 7.41. The van der Waals surface area contributed by atoms with Crippen molar-refractivity contribution in [3.8, 4) is 11.5 Å². The fraction of sp³-hybridized carbons (Fsp3) is 0.350. The summed E-state index contributed by atoms with van der Waals surface area (Å²) < 4.78 is 23.7. The topological polar surface area (TPSA) is 50.8 Å². The van der Waals surface area contributed by atoms with Gasteiger partial charge in [-0.3, -0.25) is 9.69 Å². The molecule has 0 aromatic heterocycles. The van der Waals surface area contributed by atoms with Gasteiger partial charge in [0, 0.05) is 25.2 Å². The minimum Gasteiger partial charge on any atom is -0.493 e. The lowest BCUT2D eigenvalue weighted by Gasteiger charge is -2.21. The lowest BCUT2D eigenvalue weighted by atomic mass is 10.2. The van der Waals surface area contributed by atoms with Crippen LogP contribution in [-0.4, -0.2) is 38.1 Å². The van der Waals surface area contributed by atoms with Gasteiger partial charge in [-0.25, -0.2) is 4.39 Å². The molecule has 1 amide bonds. The van der Waals surface area contributed by atoms with Crippen molar-refractivity contribution in [2.75, 3.05) is 32.6 Å². The zero-order valence-electron chi connectivity index (χ0n) is 15.4. The van der Waals surface area contributed by atoms with E-state index < -0.39 is 0 Å². The van der Waals surface area contributed by atoms with Crippen molar-refractivity contribution in [3.05, 3.63) is 53.8 Å². The van der Waals surface area contributed by atoms with Gasteiger partial charge in [0.2, 0.25) is 5.91 Å². The average Bonchev–Trinajstić information content (AvgIpc) is 2.64. The second kappa shape index (κ2) is 9.77. The summed E-state index contributed by atoms with van der Waals surface area (Å²) in [7, 11) is 3.21. The lowest BCUT2D eigenvalue weighted by Crippen LogP contribution is -2.27. The van der Waals surface area contributed by atoms with Crippen LogP contribution in [0, 0.1) is 5.82 Å². The molecule has 6 heteroatoms. The summed E-state index contributed by atoms with van der Waals surface area (Å²) in [4.78, 5) is 14.2. The Morgan fingerprint density at radius 3 is 2.54 bits per heavy atom. The zero-order chi connectivity index (χ0) is 18.9. The maximum absolute atomic E-state index is 13.2. The van der Waals surface area contributed by atoms with E-state index in [2.05, 4.69) is 10.2 Å². The number of anilines is 1. The summed E-state index contributed by atoms with van der Waals surface area (Å²) in [5.41, 5.74) is 1.55. The maximum atomic E-state index is 13.2. The molecule has 26 heavy (non-hydrogen) atoms. The van der Waals surface area contributed by atoms with Crippen molar-refractivity contribution in [2.45, 2.75) is 19.9 Å². The van der Waals surface area contributed by atoms with Crippen LogP contribution in [0.5, 0.6) is 11.5 Å². The Labute approximate surface area is 153 Å². The SMILES string of the molecule is CCN(CCC(=O)Nc1cccc(F)c1)Cc1ccc(OC)c(OC)c1. The van der Waals surface area contributed by atoms with Gasteiger partial charge < -0.3 is 14.8 Å². The number of benzene rings is 2. The van der Waals surface area contributed by atoms with Crippen LogP contribution in [-0.2, 0) is 11.3 Å². The molecule has 0 saturated carbocycles. The van der Waals surface area contributed by atoms with Crippen LogP contribution in [0.25, 0.3) is 0 Å². The van der Waals surface area contributed by atoms with Crippen molar-refractivity contribution < 1.29 is 18.7 Å². The molecule has 0 fully saturated rings. The minimum atomic E-state index is -0.369. The van der Waals surface area contributed by atoms with Gasteiger partial charge in [0.15, 0.2) is 11.5 Å². The second-order valence-corrected chi connectivity index (χ2v) is 5.87.